The fourth-order valence-electron chi connectivity index (χ4n) is 2.42. The predicted molar refractivity (Wildman–Crippen MR) is 68.9 cm³/mol. The van der Waals surface area contributed by atoms with E-state index in [1.807, 2.05) is 0 Å². The van der Waals surface area contributed by atoms with Gasteiger partial charge in [-0.2, -0.15) is 0 Å². The normalized spacial score (nSPS) is 23.7. The first-order chi connectivity index (χ1) is 8.41. The van der Waals surface area contributed by atoms with Crippen LogP contribution >= 0.6 is 0 Å². The van der Waals surface area contributed by atoms with Crippen LogP contribution in [0.5, 0.6) is 0 Å². The summed E-state index contributed by atoms with van der Waals surface area (Å²) in [6.45, 7) is 3.01. The van der Waals surface area contributed by atoms with Crippen molar-refractivity contribution in [2.45, 2.75) is 36.6 Å². The summed E-state index contributed by atoms with van der Waals surface area (Å²) in [5.41, 5.74) is 0.897. The van der Waals surface area contributed by atoms with Crippen LogP contribution in [0, 0.1) is 5.82 Å². The Hall–Kier alpha value is -0.940. The van der Waals surface area contributed by atoms with Gasteiger partial charge in [-0.15, -0.1) is 0 Å². The van der Waals surface area contributed by atoms with Gasteiger partial charge in [-0.1, -0.05) is 13.0 Å². The third-order valence-corrected chi connectivity index (χ3v) is 4.59. The van der Waals surface area contributed by atoms with Gasteiger partial charge in [0.1, 0.15) is 10.7 Å². The van der Waals surface area contributed by atoms with Gasteiger partial charge in [-0.25, -0.2) is 12.8 Å². The summed E-state index contributed by atoms with van der Waals surface area (Å²) in [5.74, 6) is -0.293. The lowest BCUT2D eigenvalue weighted by atomic mass is 9.76. The molecular weight excluding hydrogens is 253 g/mol. The fourth-order valence-corrected chi connectivity index (χ4v) is 3.15. The number of benzene rings is 1. The molecule has 0 spiro atoms. The molecular formula is C13H18FNO2S. The summed E-state index contributed by atoms with van der Waals surface area (Å²) in [5, 5.41) is 3.34. The van der Waals surface area contributed by atoms with E-state index in [0.717, 1.165) is 31.2 Å². The minimum absolute atomic E-state index is 0.214. The lowest BCUT2D eigenvalue weighted by Crippen LogP contribution is -2.39. The van der Waals surface area contributed by atoms with Crippen molar-refractivity contribution in [1.82, 2.24) is 5.32 Å². The Labute approximate surface area is 107 Å². The number of hydrogen-bond donors (Lipinski definition) is 1. The number of sulfone groups is 1. The van der Waals surface area contributed by atoms with Gasteiger partial charge in [0.25, 0.3) is 0 Å². The van der Waals surface area contributed by atoms with E-state index < -0.39 is 15.7 Å². The third kappa shape index (κ3) is 2.72. The van der Waals surface area contributed by atoms with Crippen molar-refractivity contribution >= 4 is 9.84 Å². The summed E-state index contributed by atoms with van der Waals surface area (Å²) in [6.07, 6.45) is 3.01. The van der Waals surface area contributed by atoms with Gasteiger partial charge >= 0.3 is 0 Å². The first-order valence-electron chi connectivity index (χ1n) is 6.14. The SMILES string of the molecule is CCNC1CC(c2ccc(S(C)(=O)=O)c(F)c2)C1. The van der Waals surface area contributed by atoms with E-state index in [4.69, 9.17) is 0 Å². The zero-order valence-electron chi connectivity index (χ0n) is 10.6. The molecule has 0 saturated heterocycles. The standard InChI is InChI=1S/C13H18FNO2S/c1-3-15-11-6-10(7-11)9-4-5-13(12(14)8-9)18(2,16)17/h4-5,8,10-11,15H,3,6-7H2,1-2H3. The van der Waals surface area contributed by atoms with E-state index in [0.29, 0.717) is 12.0 Å². The fraction of sp³-hybridized carbons (Fsp3) is 0.538. The summed E-state index contributed by atoms with van der Waals surface area (Å²) >= 11 is 0. The molecule has 0 radical (unpaired) electrons. The van der Waals surface area contributed by atoms with Gasteiger partial charge in [-0.3, -0.25) is 0 Å². The molecule has 0 amide bonds. The molecule has 100 valence electrons. The predicted octanol–water partition coefficient (Wildman–Crippen LogP) is 2.08. The van der Waals surface area contributed by atoms with E-state index in [9.17, 15) is 12.8 Å². The van der Waals surface area contributed by atoms with Crippen molar-refractivity contribution in [1.29, 1.82) is 0 Å². The Morgan fingerprint density at radius 1 is 1.39 bits per heavy atom. The average Bonchev–Trinajstić information content (AvgIpc) is 2.20. The van der Waals surface area contributed by atoms with Crippen LogP contribution in [0.2, 0.25) is 0 Å². The second-order valence-electron chi connectivity index (χ2n) is 4.88. The molecule has 1 N–H and O–H groups in total. The zero-order chi connectivity index (χ0) is 13.3. The molecule has 0 aromatic heterocycles. The Kier molecular flexibility index (Phi) is 3.73. The highest BCUT2D eigenvalue weighted by Gasteiger charge is 2.30. The molecule has 5 heteroatoms. The molecule has 1 aromatic rings. The van der Waals surface area contributed by atoms with Gasteiger partial charge in [0.05, 0.1) is 0 Å². The van der Waals surface area contributed by atoms with E-state index in [1.165, 1.54) is 12.1 Å². The number of rotatable bonds is 4. The highest BCUT2D eigenvalue weighted by Crippen LogP contribution is 2.37. The van der Waals surface area contributed by atoms with Gasteiger partial charge < -0.3 is 5.32 Å². The van der Waals surface area contributed by atoms with Crippen LogP contribution in [0.1, 0.15) is 31.2 Å². The lowest BCUT2D eigenvalue weighted by molar-refractivity contribution is 0.295. The second-order valence-corrected chi connectivity index (χ2v) is 6.87. The van der Waals surface area contributed by atoms with Crippen molar-refractivity contribution in [2.75, 3.05) is 12.8 Å². The molecule has 0 bridgehead atoms. The summed E-state index contributed by atoms with van der Waals surface area (Å²) in [7, 11) is -3.47. The highest BCUT2D eigenvalue weighted by atomic mass is 32.2. The Morgan fingerprint density at radius 2 is 2.06 bits per heavy atom. The molecule has 1 fully saturated rings. The molecule has 2 rings (SSSR count). The smallest absolute Gasteiger partial charge is 0.178 e. The molecule has 1 aliphatic carbocycles. The monoisotopic (exact) mass is 271 g/mol. The molecule has 1 aliphatic rings. The topological polar surface area (TPSA) is 46.2 Å². The highest BCUT2D eigenvalue weighted by molar-refractivity contribution is 7.90. The number of halogens is 1. The molecule has 0 unspecified atom stereocenters. The van der Waals surface area contributed by atoms with Crippen molar-refractivity contribution in [3.8, 4) is 0 Å². The van der Waals surface area contributed by atoms with Crippen molar-refractivity contribution in [3.05, 3.63) is 29.6 Å². The zero-order valence-corrected chi connectivity index (χ0v) is 11.4. The van der Waals surface area contributed by atoms with Gasteiger partial charge in [0.2, 0.25) is 0 Å². The number of hydrogen-bond acceptors (Lipinski definition) is 3. The van der Waals surface area contributed by atoms with Crippen LogP contribution in [0.3, 0.4) is 0 Å². The quantitative estimate of drug-likeness (QED) is 0.912. The maximum atomic E-state index is 13.7. The Balaban J connectivity index is 2.12. The molecule has 0 atom stereocenters. The third-order valence-electron chi connectivity index (χ3n) is 3.46. The molecule has 0 aliphatic heterocycles. The van der Waals surface area contributed by atoms with Crippen LogP contribution in [0.25, 0.3) is 0 Å². The number of nitrogens with one attached hydrogen (secondary N) is 1. The van der Waals surface area contributed by atoms with Crippen molar-refractivity contribution < 1.29 is 12.8 Å². The Bertz CT molecular complexity index is 536. The van der Waals surface area contributed by atoms with Crippen molar-refractivity contribution in [3.63, 3.8) is 0 Å². The Morgan fingerprint density at radius 3 is 2.56 bits per heavy atom. The van der Waals surface area contributed by atoms with Crippen LogP contribution in [0.4, 0.5) is 4.39 Å². The average molecular weight is 271 g/mol. The van der Waals surface area contributed by atoms with E-state index >= 15 is 0 Å². The molecule has 0 heterocycles. The molecule has 1 saturated carbocycles. The van der Waals surface area contributed by atoms with Crippen LogP contribution in [-0.2, 0) is 9.84 Å². The van der Waals surface area contributed by atoms with Crippen molar-refractivity contribution in [2.24, 2.45) is 0 Å². The molecule has 18 heavy (non-hydrogen) atoms. The molecule has 3 nitrogen and oxygen atoms in total. The summed E-state index contributed by atoms with van der Waals surface area (Å²) in [6, 6.07) is 4.98. The largest absolute Gasteiger partial charge is 0.314 e. The van der Waals surface area contributed by atoms with E-state index in [1.54, 1.807) is 6.07 Å². The molecule has 1 aromatic carbocycles. The minimum atomic E-state index is -3.47. The van der Waals surface area contributed by atoms with Crippen LogP contribution in [-0.4, -0.2) is 27.3 Å². The lowest BCUT2D eigenvalue weighted by Gasteiger charge is -2.36. The van der Waals surface area contributed by atoms with Crippen LogP contribution in [0.15, 0.2) is 23.1 Å². The van der Waals surface area contributed by atoms with Gasteiger partial charge in [0, 0.05) is 12.3 Å². The first-order valence-corrected chi connectivity index (χ1v) is 8.04. The van der Waals surface area contributed by atoms with E-state index in [-0.39, 0.29) is 4.90 Å². The maximum Gasteiger partial charge on any atom is 0.178 e. The van der Waals surface area contributed by atoms with Gasteiger partial charge in [0.15, 0.2) is 9.84 Å². The minimum Gasteiger partial charge on any atom is -0.314 e. The maximum absolute atomic E-state index is 13.7. The first kappa shape index (κ1) is 13.5. The second kappa shape index (κ2) is 4.97. The van der Waals surface area contributed by atoms with Crippen LogP contribution < -0.4 is 5.32 Å². The van der Waals surface area contributed by atoms with E-state index in [2.05, 4.69) is 12.2 Å². The summed E-state index contributed by atoms with van der Waals surface area (Å²) in [4.78, 5) is -0.214. The van der Waals surface area contributed by atoms with Gasteiger partial charge in [-0.05, 0) is 43.0 Å². The summed E-state index contributed by atoms with van der Waals surface area (Å²) < 4.78 is 36.3.